The molecule has 88 valence electrons. The summed E-state index contributed by atoms with van der Waals surface area (Å²) in [7, 11) is 0. The molecule has 0 radical (unpaired) electrons. The Balaban J connectivity index is 2.08. The van der Waals surface area contributed by atoms with Crippen LogP contribution in [0.4, 0.5) is 21.6 Å². The highest BCUT2D eigenvalue weighted by molar-refractivity contribution is 5.76. The van der Waals surface area contributed by atoms with Crippen LogP contribution in [0.15, 0.2) is 24.4 Å². The molecule has 3 rings (SSSR count). The number of benzene rings is 1. The topological polar surface area (TPSA) is 41.9 Å². The molecular formula is C12H13FN4. The van der Waals surface area contributed by atoms with E-state index in [0.29, 0.717) is 6.54 Å². The maximum absolute atomic E-state index is 13.2. The smallest absolute Gasteiger partial charge is 0.133 e. The van der Waals surface area contributed by atoms with E-state index < -0.39 is 0 Å². The van der Waals surface area contributed by atoms with Crippen LogP contribution in [0.25, 0.3) is 0 Å². The van der Waals surface area contributed by atoms with Crippen LogP contribution in [0.5, 0.6) is 0 Å². The molecule has 0 bridgehead atoms. The molecule has 4 nitrogen and oxygen atoms in total. The molecule has 0 amide bonds. The highest BCUT2D eigenvalue weighted by Gasteiger charge is 2.16. The van der Waals surface area contributed by atoms with Gasteiger partial charge < -0.3 is 10.6 Å². The van der Waals surface area contributed by atoms with E-state index in [1.54, 1.807) is 6.07 Å². The third-order valence-electron chi connectivity index (χ3n) is 2.92. The minimum atomic E-state index is -0.246. The van der Waals surface area contributed by atoms with Crippen molar-refractivity contribution in [3.8, 4) is 0 Å². The molecule has 1 aromatic carbocycles. The summed E-state index contributed by atoms with van der Waals surface area (Å²) in [5, 5.41) is 10.8. The molecule has 0 aliphatic carbocycles. The van der Waals surface area contributed by atoms with Crippen LogP contribution in [0, 0.1) is 5.82 Å². The third kappa shape index (κ3) is 1.63. The van der Waals surface area contributed by atoms with Gasteiger partial charge in [0.25, 0.3) is 0 Å². The summed E-state index contributed by atoms with van der Waals surface area (Å²) in [4.78, 5) is 0. The highest BCUT2D eigenvalue weighted by atomic mass is 19.1. The average Bonchev–Trinajstić information content (AvgIpc) is 2.62. The lowest BCUT2D eigenvalue weighted by molar-refractivity contribution is 0.628. The van der Waals surface area contributed by atoms with E-state index in [-0.39, 0.29) is 5.82 Å². The lowest BCUT2D eigenvalue weighted by Gasteiger charge is -2.10. The van der Waals surface area contributed by atoms with Crippen molar-refractivity contribution in [2.45, 2.75) is 20.0 Å². The van der Waals surface area contributed by atoms with Gasteiger partial charge in [-0.1, -0.05) is 0 Å². The molecule has 2 heterocycles. The van der Waals surface area contributed by atoms with Gasteiger partial charge in [-0.25, -0.2) is 9.07 Å². The first-order chi connectivity index (χ1) is 8.28. The molecule has 1 aliphatic heterocycles. The van der Waals surface area contributed by atoms with Gasteiger partial charge in [0.15, 0.2) is 0 Å². The summed E-state index contributed by atoms with van der Waals surface area (Å²) in [6, 6.07) is 4.69. The molecule has 17 heavy (non-hydrogen) atoms. The van der Waals surface area contributed by atoms with Crippen molar-refractivity contribution in [1.29, 1.82) is 0 Å². The maximum atomic E-state index is 13.2. The van der Waals surface area contributed by atoms with Gasteiger partial charge in [-0.2, -0.15) is 5.10 Å². The molecule has 2 aromatic rings. The third-order valence-corrected chi connectivity index (χ3v) is 2.92. The molecule has 1 aromatic heterocycles. The van der Waals surface area contributed by atoms with Gasteiger partial charge in [-0.3, -0.25) is 0 Å². The molecule has 2 N–H and O–H groups in total. The molecule has 0 saturated heterocycles. The van der Waals surface area contributed by atoms with Crippen LogP contribution in [0.2, 0.25) is 0 Å². The molecule has 0 saturated carbocycles. The lowest BCUT2D eigenvalue weighted by Crippen LogP contribution is -2.03. The zero-order valence-electron chi connectivity index (χ0n) is 9.50. The Morgan fingerprint density at radius 3 is 3.12 bits per heavy atom. The summed E-state index contributed by atoms with van der Waals surface area (Å²) in [6.45, 7) is 3.51. The summed E-state index contributed by atoms with van der Waals surface area (Å²) in [5.41, 5.74) is 2.74. The average molecular weight is 232 g/mol. The first-order valence-corrected chi connectivity index (χ1v) is 5.63. The number of anilines is 3. The van der Waals surface area contributed by atoms with E-state index in [1.807, 2.05) is 17.8 Å². The van der Waals surface area contributed by atoms with Crippen molar-refractivity contribution in [3.63, 3.8) is 0 Å². The quantitative estimate of drug-likeness (QED) is 0.794. The van der Waals surface area contributed by atoms with Crippen LogP contribution in [-0.2, 0) is 13.1 Å². The molecule has 5 heteroatoms. The van der Waals surface area contributed by atoms with Crippen molar-refractivity contribution in [2.24, 2.45) is 0 Å². The molecule has 0 spiro atoms. The predicted molar refractivity (Wildman–Crippen MR) is 64.9 cm³/mol. The van der Waals surface area contributed by atoms with Crippen molar-refractivity contribution >= 4 is 17.2 Å². The van der Waals surface area contributed by atoms with Gasteiger partial charge in [0, 0.05) is 18.7 Å². The number of halogens is 1. The van der Waals surface area contributed by atoms with Crippen LogP contribution >= 0.6 is 0 Å². The number of nitrogens with one attached hydrogen (secondary N) is 2. The van der Waals surface area contributed by atoms with Gasteiger partial charge in [-0.05, 0) is 25.1 Å². The number of aryl methyl sites for hydroxylation is 1. The SMILES string of the molecule is CCn1ncc2c1Nc1cc(F)ccc1NC2. The Kier molecular flexibility index (Phi) is 2.24. The Labute approximate surface area is 98.4 Å². The maximum Gasteiger partial charge on any atom is 0.133 e. The number of aromatic nitrogens is 2. The summed E-state index contributed by atoms with van der Waals surface area (Å²) >= 11 is 0. The van der Waals surface area contributed by atoms with E-state index in [2.05, 4.69) is 15.7 Å². The van der Waals surface area contributed by atoms with Crippen molar-refractivity contribution in [2.75, 3.05) is 10.6 Å². The predicted octanol–water partition coefficient (Wildman–Crippen LogP) is 2.71. The normalized spacial score (nSPS) is 13.1. The number of nitrogens with zero attached hydrogens (tertiary/aromatic N) is 2. The van der Waals surface area contributed by atoms with E-state index in [0.717, 1.165) is 29.3 Å². The second kappa shape index (κ2) is 3.76. The minimum absolute atomic E-state index is 0.246. The fourth-order valence-electron chi connectivity index (χ4n) is 2.03. The minimum Gasteiger partial charge on any atom is -0.379 e. The standard InChI is InChI=1S/C12H13FN4/c1-2-17-12-8(7-15-17)6-14-10-4-3-9(13)5-11(10)16-12/h3-5,7,14,16H,2,6H2,1H3. The van der Waals surface area contributed by atoms with Gasteiger partial charge in [0.05, 0.1) is 17.6 Å². The number of fused-ring (bicyclic) bond motifs is 2. The number of rotatable bonds is 1. The van der Waals surface area contributed by atoms with Crippen LogP contribution in [0.1, 0.15) is 12.5 Å². The summed E-state index contributed by atoms with van der Waals surface area (Å²) < 4.78 is 15.1. The van der Waals surface area contributed by atoms with E-state index in [4.69, 9.17) is 0 Å². The molecule has 0 unspecified atom stereocenters. The van der Waals surface area contributed by atoms with Gasteiger partial charge in [0.2, 0.25) is 0 Å². The van der Waals surface area contributed by atoms with E-state index >= 15 is 0 Å². The molecule has 0 atom stereocenters. The van der Waals surface area contributed by atoms with Gasteiger partial charge in [0.1, 0.15) is 11.6 Å². The summed E-state index contributed by atoms with van der Waals surface area (Å²) in [6.07, 6.45) is 1.83. The zero-order valence-corrected chi connectivity index (χ0v) is 9.50. The van der Waals surface area contributed by atoms with Crippen molar-refractivity contribution < 1.29 is 4.39 Å². The molecule has 0 fully saturated rings. The van der Waals surface area contributed by atoms with Gasteiger partial charge in [-0.15, -0.1) is 0 Å². The van der Waals surface area contributed by atoms with Crippen molar-refractivity contribution in [1.82, 2.24) is 9.78 Å². The van der Waals surface area contributed by atoms with Crippen LogP contribution in [-0.4, -0.2) is 9.78 Å². The number of hydrogen-bond acceptors (Lipinski definition) is 3. The van der Waals surface area contributed by atoms with Crippen LogP contribution < -0.4 is 10.6 Å². The van der Waals surface area contributed by atoms with E-state index in [1.165, 1.54) is 12.1 Å². The number of hydrogen-bond donors (Lipinski definition) is 2. The van der Waals surface area contributed by atoms with Gasteiger partial charge >= 0.3 is 0 Å². The van der Waals surface area contributed by atoms with E-state index in [9.17, 15) is 4.39 Å². The Morgan fingerprint density at radius 1 is 1.41 bits per heavy atom. The fourth-order valence-corrected chi connectivity index (χ4v) is 2.03. The summed E-state index contributed by atoms with van der Waals surface area (Å²) in [5.74, 6) is 0.688. The molecule has 1 aliphatic rings. The van der Waals surface area contributed by atoms with Crippen molar-refractivity contribution in [3.05, 3.63) is 35.8 Å². The molecular weight excluding hydrogens is 219 g/mol. The Morgan fingerprint density at radius 2 is 2.29 bits per heavy atom. The largest absolute Gasteiger partial charge is 0.379 e. The zero-order chi connectivity index (χ0) is 11.8. The first kappa shape index (κ1) is 10.1. The second-order valence-electron chi connectivity index (χ2n) is 4.00. The fraction of sp³-hybridized carbons (Fsp3) is 0.250. The Hall–Kier alpha value is -2.04. The van der Waals surface area contributed by atoms with Crippen LogP contribution in [0.3, 0.4) is 0 Å². The monoisotopic (exact) mass is 232 g/mol. The highest BCUT2D eigenvalue weighted by Crippen LogP contribution is 2.32. The first-order valence-electron chi connectivity index (χ1n) is 5.63. The Bertz CT molecular complexity index is 562. The second-order valence-corrected chi connectivity index (χ2v) is 4.00. The lowest BCUT2D eigenvalue weighted by atomic mass is 10.2.